The van der Waals surface area contributed by atoms with Crippen molar-refractivity contribution in [3.63, 3.8) is 0 Å². The van der Waals surface area contributed by atoms with E-state index in [1.807, 2.05) is 6.07 Å². The van der Waals surface area contributed by atoms with Gasteiger partial charge in [0.25, 0.3) is 0 Å². The normalized spacial score (nSPS) is 19.6. The van der Waals surface area contributed by atoms with Crippen LogP contribution in [0.25, 0.3) is 6.08 Å². The number of hydrogen-bond donors (Lipinski definition) is 1. The summed E-state index contributed by atoms with van der Waals surface area (Å²) in [7, 11) is 1.71. The molecule has 0 aromatic heterocycles. The molecule has 1 saturated carbocycles. The summed E-state index contributed by atoms with van der Waals surface area (Å²) in [5.41, 5.74) is 2.70. The van der Waals surface area contributed by atoms with Gasteiger partial charge in [-0.3, -0.25) is 0 Å². The Morgan fingerprint density at radius 1 is 1.17 bits per heavy atom. The Kier molecular flexibility index (Phi) is 3.86. The molecule has 3 rings (SSSR count). The van der Waals surface area contributed by atoms with Gasteiger partial charge >= 0.3 is 0 Å². The first-order valence-electron chi connectivity index (χ1n) is 6.47. The largest absolute Gasteiger partial charge is 0.497 e. The van der Waals surface area contributed by atoms with Crippen LogP contribution in [0.5, 0.6) is 5.75 Å². The molecule has 1 spiro atoms. The van der Waals surface area contributed by atoms with Crippen molar-refractivity contribution in [2.24, 2.45) is 0 Å². The van der Waals surface area contributed by atoms with Crippen molar-refractivity contribution in [1.29, 1.82) is 0 Å². The van der Waals surface area contributed by atoms with Gasteiger partial charge in [0.1, 0.15) is 5.75 Å². The maximum Gasteiger partial charge on any atom is 0.119 e. The summed E-state index contributed by atoms with van der Waals surface area (Å²) in [5, 5.41) is 3.72. The summed E-state index contributed by atoms with van der Waals surface area (Å²) in [4.78, 5) is 0. The minimum Gasteiger partial charge on any atom is -0.497 e. The van der Waals surface area contributed by atoms with Crippen LogP contribution in [0.4, 0.5) is 5.69 Å². The van der Waals surface area contributed by atoms with Crippen LogP contribution in [0.15, 0.2) is 24.3 Å². The fraction of sp³-hybridized carbons (Fsp3) is 0.467. The highest BCUT2D eigenvalue weighted by Gasteiger charge is 2.31. The fourth-order valence-corrected chi connectivity index (χ4v) is 2.95. The molecule has 1 aromatic carbocycles. The first-order chi connectivity index (χ1) is 8.31. The molecule has 1 aromatic rings. The third-order valence-electron chi connectivity index (χ3n) is 3.97. The van der Waals surface area contributed by atoms with E-state index < -0.39 is 0 Å². The van der Waals surface area contributed by atoms with E-state index in [1.165, 1.54) is 43.4 Å². The summed E-state index contributed by atoms with van der Waals surface area (Å²) in [6.45, 7) is 0. The second kappa shape index (κ2) is 5.23. The minimum absolute atomic E-state index is 0. The fourth-order valence-electron chi connectivity index (χ4n) is 2.95. The van der Waals surface area contributed by atoms with Gasteiger partial charge in [0.2, 0.25) is 0 Å². The Morgan fingerprint density at radius 2 is 1.94 bits per heavy atom. The average Bonchev–Trinajstić information content (AvgIpc) is 2.39. The summed E-state index contributed by atoms with van der Waals surface area (Å²) in [6, 6.07) is 6.25. The topological polar surface area (TPSA) is 21.3 Å². The summed E-state index contributed by atoms with van der Waals surface area (Å²) in [5.74, 6) is 0.926. The Morgan fingerprint density at radius 3 is 2.67 bits per heavy atom. The van der Waals surface area contributed by atoms with E-state index in [0.29, 0.717) is 0 Å². The van der Waals surface area contributed by atoms with Crippen LogP contribution in [0.3, 0.4) is 0 Å². The van der Waals surface area contributed by atoms with Gasteiger partial charge in [-0.05, 0) is 31.0 Å². The number of rotatable bonds is 1. The third kappa shape index (κ3) is 2.35. The van der Waals surface area contributed by atoms with Crippen molar-refractivity contribution < 1.29 is 4.74 Å². The summed E-state index contributed by atoms with van der Waals surface area (Å²) in [6.07, 6.45) is 11.2. The van der Waals surface area contributed by atoms with Crippen LogP contribution >= 0.6 is 12.4 Å². The van der Waals surface area contributed by atoms with E-state index in [2.05, 4.69) is 29.6 Å². The van der Waals surface area contributed by atoms with Gasteiger partial charge in [0, 0.05) is 11.3 Å². The number of ether oxygens (including phenoxy) is 1. The lowest BCUT2D eigenvalue weighted by Gasteiger charge is -2.39. The Bertz CT molecular complexity index is 450. The molecular formula is C15H20ClNO. The standard InChI is InChI=1S/C15H19NO.ClH/c1-17-13-5-6-14-12(11-13)7-10-15(16-14)8-3-2-4-9-15;/h5-7,10-11,16H,2-4,8-9H2,1H3;1H. The number of nitrogens with one attached hydrogen (secondary N) is 1. The van der Waals surface area contributed by atoms with E-state index in [1.54, 1.807) is 7.11 Å². The quantitative estimate of drug-likeness (QED) is 0.819. The van der Waals surface area contributed by atoms with E-state index in [9.17, 15) is 0 Å². The molecule has 0 amide bonds. The third-order valence-corrected chi connectivity index (χ3v) is 3.97. The second-order valence-corrected chi connectivity index (χ2v) is 5.13. The summed E-state index contributed by atoms with van der Waals surface area (Å²) >= 11 is 0. The van der Waals surface area contributed by atoms with Crippen LogP contribution in [0, 0.1) is 0 Å². The van der Waals surface area contributed by atoms with Gasteiger partial charge < -0.3 is 10.1 Å². The van der Waals surface area contributed by atoms with Crippen LogP contribution in [0.2, 0.25) is 0 Å². The lowest BCUT2D eigenvalue weighted by Crippen LogP contribution is -2.39. The number of hydrogen-bond acceptors (Lipinski definition) is 2. The molecule has 18 heavy (non-hydrogen) atoms. The van der Waals surface area contributed by atoms with Gasteiger partial charge in [-0.2, -0.15) is 0 Å². The molecule has 1 heterocycles. The Labute approximate surface area is 115 Å². The predicted molar refractivity (Wildman–Crippen MR) is 78.7 cm³/mol. The monoisotopic (exact) mass is 265 g/mol. The maximum absolute atomic E-state index is 5.26. The molecule has 1 fully saturated rings. The number of benzene rings is 1. The van der Waals surface area contributed by atoms with Gasteiger partial charge in [-0.1, -0.05) is 31.4 Å². The van der Waals surface area contributed by atoms with E-state index in [0.717, 1.165) is 5.75 Å². The van der Waals surface area contributed by atoms with Crippen molar-refractivity contribution in [3.05, 3.63) is 29.8 Å². The lowest BCUT2D eigenvalue weighted by atomic mass is 9.79. The average molecular weight is 266 g/mol. The molecule has 1 N–H and O–H groups in total. The zero-order valence-corrected chi connectivity index (χ0v) is 11.6. The molecule has 0 radical (unpaired) electrons. The van der Waals surface area contributed by atoms with E-state index in [-0.39, 0.29) is 17.9 Å². The van der Waals surface area contributed by atoms with Gasteiger partial charge in [-0.25, -0.2) is 0 Å². The maximum atomic E-state index is 5.26. The molecule has 3 heteroatoms. The molecule has 0 saturated heterocycles. The predicted octanol–water partition coefficient (Wildman–Crippen LogP) is 4.26. The molecule has 0 unspecified atom stereocenters. The molecule has 0 atom stereocenters. The van der Waals surface area contributed by atoms with Gasteiger partial charge in [0.05, 0.1) is 12.6 Å². The lowest BCUT2D eigenvalue weighted by molar-refractivity contribution is 0.384. The van der Waals surface area contributed by atoms with Crippen molar-refractivity contribution in [2.75, 3.05) is 12.4 Å². The molecule has 2 nitrogen and oxygen atoms in total. The number of anilines is 1. The summed E-state index contributed by atoms with van der Waals surface area (Å²) < 4.78 is 5.26. The minimum atomic E-state index is 0. The van der Waals surface area contributed by atoms with Crippen molar-refractivity contribution in [3.8, 4) is 5.75 Å². The number of halogens is 1. The Hall–Kier alpha value is -1.15. The first-order valence-corrected chi connectivity index (χ1v) is 6.47. The van der Waals surface area contributed by atoms with Crippen molar-refractivity contribution >= 4 is 24.2 Å². The van der Waals surface area contributed by atoms with Crippen LogP contribution in [-0.2, 0) is 0 Å². The van der Waals surface area contributed by atoms with Gasteiger partial charge in [0.15, 0.2) is 0 Å². The van der Waals surface area contributed by atoms with E-state index >= 15 is 0 Å². The molecule has 98 valence electrons. The van der Waals surface area contributed by atoms with Crippen LogP contribution < -0.4 is 10.1 Å². The SMILES string of the molecule is COc1ccc2c(c1)C=CC1(CCCCC1)N2.Cl. The zero-order valence-electron chi connectivity index (χ0n) is 10.7. The molecule has 1 aliphatic carbocycles. The van der Waals surface area contributed by atoms with Crippen molar-refractivity contribution in [2.45, 2.75) is 37.6 Å². The number of fused-ring (bicyclic) bond motifs is 1. The highest BCUT2D eigenvalue weighted by molar-refractivity contribution is 5.85. The smallest absolute Gasteiger partial charge is 0.119 e. The Balaban J connectivity index is 0.00000120. The van der Waals surface area contributed by atoms with E-state index in [4.69, 9.17) is 4.74 Å². The van der Waals surface area contributed by atoms with Crippen molar-refractivity contribution in [1.82, 2.24) is 0 Å². The highest BCUT2D eigenvalue weighted by Crippen LogP contribution is 2.38. The molecule has 2 aliphatic rings. The molecule has 0 bridgehead atoms. The first kappa shape index (κ1) is 13.3. The number of methoxy groups -OCH3 is 1. The molecule has 1 aliphatic heterocycles. The molecular weight excluding hydrogens is 246 g/mol. The van der Waals surface area contributed by atoms with Crippen LogP contribution in [-0.4, -0.2) is 12.6 Å². The van der Waals surface area contributed by atoms with Crippen LogP contribution in [0.1, 0.15) is 37.7 Å². The second-order valence-electron chi connectivity index (χ2n) is 5.13. The highest BCUT2D eigenvalue weighted by atomic mass is 35.5. The zero-order chi connectivity index (χ0) is 11.7. The van der Waals surface area contributed by atoms with Gasteiger partial charge in [-0.15, -0.1) is 12.4 Å².